The Labute approximate surface area is 137 Å². The molecule has 2 rings (SSSR count). The first-order valence-electron chi connectivity index (χ1n) is 6.50. The van der Waals surface area contributed by atoms with Crippen LogP contribution in [-0.4, -0.2) is 12.2 Å². The fourth-order valence-corrected chi connectivity index (χ4v) is 2.92. The number of rotatable bonds is 4. The summed E-state index contributed by atoms with van der Waals surface area (Å²) < 4.78 is 0.796. The zero-order valence-electron chi connectivity index (χ0n) is 11.9. The summed E-state index contributed by atoms with van der Waals surface area (Å²) in [6.07, 6.45) is 2.04. The van der Waals surface area contributed by atoms with Gasteiger partial charge in [0.15, 0.2) is 0 Å². The lowest BCUT2D eigenvalue weighted by Gasteiger charge is -2.15. The maximum atomic E-state index is 12.3. The molecule has 2 aromatic carbocycles. The first kappa shape index (κ1) is 15.9. The standard InChI is InChI=1S/C16H17BrN2OS/c1-10(11-3-5-15(21-2)6-4-11)19-16(20)12-7-13(17)9-14(18)8-12/h3-10H,18H2,1-2H3,(H,19,20). The number of nitrogens with one attached hydrogen (secondary N) is 1. The van der Waals surface area contributed by atoms with E-state index in [0.29, 0.717) is 11.3 Å². The third kappa shape index (κ3) is 4.25. The Morgan fingerprint density at radius 1 is 1.24 bits per heavy atom. The van der Waals surface area contributed by atoms with Gasteiger partial charge >= 0.3 is 0 Å². The Hall–Kier alpha value is -1.46. The van der Waals surface area contributed by atoms with Crippen LogP contribution >= 0.6 is 27.7 Å². The van der Waals surface area contributed by atoms with E-state index < -0.39 is 0 Å². The highest BCUT2D eigenvalue weighted by atomic mass is 79.9. The first-order valence-corrected chi connectivity index (χ1v) is 8.52. The molecule has 0 saturated heterocycles. The van der Waals surface area contributed by atoms with Gasteiger partial charge in [0, 0.05) is 20.6 Å². The second-order valence-corrected chi connectivity index (χ2v) is 6.54. The molecule has 0 heterocycles. The number of anilines is 1. The molecule has 0 spiro atoms. The van der Waals surface area contributed by atoms with Crippen LogP contribution in [0.2, 0.25) is 0 Å². The highest BCUT2D eigenvalue weighted by Gasteiger charge is 2.12. The van der Waals surface area contributed by atoms with Crippen molar-refractivity contribution in [1.82, 2.24) is 5.32 Å². The van der Waals surface area contributed by atoms with E-state index in [2.05, 4.69) is 33.4 Å². The van der Waals surface area contributed by atoms with Gasteiger partial charge in [-0.2, -0.15) is 0 Å². The monoisotopic (exact) mass is 364 g/mol. The van der Waals surface area contributed by atoms with Crippen LogP contribution in [0.15, 0.2) is 51.8 Å². The molecule has 0 aliphatic rings. The molecule has 21 heavy (non-hydrogen) atoms. The summed E-state index contributed by atoms with van der Waals surface area (Å²) in [7, 11) is 0. The van der Waals surface area contributed by atoms with E-state index in [9.17, 15) is 4.79 Å². The summed E-state index contributed by atoms with van der Waals surface area (Å²) in [5.41, 5.74) is 7.94. The van der Waals surface area contributed by atoms with E-state index in [1.54, 1.807) is 30.0 Å². The van der Waals surface area contributed by atoms with Crippen molar-refractivity contribution in [3.8, 4) is 0 Å². The Morgan fingerprint density at radius 3 is 2.48 bits per heavy atom. The smallest absolute Gasteiger partial charge is 0.251 e. The number of nitrogens with two attached hydrogens (primary N) is 1. The average Bonchev–Trinajstić information content (AvgIpc) is 2.46. The average molecular weight is 365 g/mol. The van der Waals surface area contributed by atoms with Gasteiger partial charge in [-0.05, 0) is 49.1 Å². The lowest BCUT2D eigenvalue weighted by atomic mass is 10.1. The SMILES string of the molecule is CSc1ccc(C(C)NC(=O)c2cc(N)cc(Br)c2)cc1. The van der Waals surface area contributed by atoms with E-state index in [-0.39, 0.29) is 11.9 Å². The van der Waals surface area contributed by atoms with Crippen LogP contribution in [0.3, 0.4) is 0 Å². The third-order valence-electron chi connectivity index (χ3n) is 3.15. The number of benzene rings is 2. The summed E-state index contributed by atoms with van der Waals surface area (Å²) >= 11 is 5.04. The number of carbonyl (C=O) groups excluding carboxylic acids is 1. The van der Waals surface area contributed by atoms with Gasteiger partial charge in [-0.25, -0.2) is 0 Å². The van der Waals surface area contributed by atoms with Crippen molar-refractivity contribution in [3.63, 3.8) is 0 Å². The largest absolute Gasteiger partial charge is 0.399 e. The molecule has 3 nitrogen and oxygen atoms in total. The number of thioether (sulfide) groups is 1. The van der Waals surface area contributed by atoms with Gasteiger partial charge in [0.05, 0.1) is 6.04 Å². The number of nitrogen functional groups attached to an aromatic ring is 1. The molecule has 0 fully saturated rings. The van der Waals surface area contributed by atoms with Gasteiger partial charge in [0.2, 0.25) is 0 Å². The van der Waals surface area contributed by atoms with E-state index in [1.165, 1.54) is 4.90 Å². The normalized spacial score (nSPS) is 12.0. The molecule has 0 radical (unpaired) electrons. The van der Waals surface area contributed by atoms with Crippen molar-refractivity contribution >= 4 is 39.3 Å². The lowest BCUT2D eigenvalue weighted by Crippen LogP contribution is -2.26. The second-order valence-electron chi connectivity index (χ2n) is 4.74. The van der Waals surface area contributed by atoms with Gasteiger partial charge < -0.3 is 11.1 Å². The molecule has 5 heteroatoms. The quantitative estimate of drug-likeness (QED) is 0.629. The highest BCUT2D eigenvalue weighted by Crippen LogP contribution is 2.21. The molecule has 1 atom stereocenters. The van der Waals surface area contributed by atoms with Crippen molar-refractivity contribution in [2.24, 2.45) is 0 Å². The Bertz CT molecular complexity index is 623. The van der Waals surface area contributed by atoms with Gasteiger partial charge in [-0.1, -0.05) is 28.1 Å². The van der Waals surface area contributed by atoms with Crippen molar-refractivity contribution < 1.29 is 4.79 Å². The first-order chi connectivity index (χ1) is 9.99. The van der Waals surface area contributed by atoms with Gasteiger partial charge in [0.25, 0.3) is 5.91 Å². The van der Waals surface area contributed by atoms with Crippen LogP contribution in [0.5, 0.6) is 0 Å². The predicted octanol–water partition coefficient (Wildman–Crippen LogP) is 4.24. The minimum Gasteiger partial charge on any atom is -0.399 e. The third-order valence-corrected chi connectivity index (χ3v) is 4.35. The highest BCUT2D eigenvalue weighted by molar-refractivity contribution is 9.10. The van der Waals surface area contributed by atoms with Gasteiger partial charge in [0.1, 0.15) is 0 Å². The lowest BCUT2D eigenvalue weighted by molar-refractivity contribution is 0.0940. The number of hydrogen-bond acceptors (Lipinski definition) is 3. The molecule has 0 aromatic heterocycles. The number of carbonyl (C=O) groups is 1. The zero-order chi connectivity index (χ0) is 15.4. The summed E-state index contributed by atoms with van der Waals surface area (Å²) in [5, 5.41) is 2.98. The Balaban J connectivity index is 2.10. The molecule has 0 aliphatic heterocycles. The molecular formula is C16H17BrN2OS. The molecule has 0 bridgehead atoms. The molecule has 1 unspecified atom stereocenters. The van der Waals surface area contributed by atoms with Crippen molar-refractivity contribution in [2.75, 3.05) is 12.0 Å². The maximum Gasteiger partial charge on any atom is 0.251 e. The van der Waals surface area contributed by atoms with E-state index in [4.69, 9.17) is 5.73 Å². The predicted molar refractivity (Wildman–Crippen MR) is 92.7 cm³/mol. The molecule has 0 aliphatic carbocycles. The molecule has 3 N–H and O–H groups in total. The molecule has 110 valence electrons. The number of amides is 1. The van der Waals surface area contributed by atoms with Gasteiger partial charge in [-0.3, -0.25) is 4.79 Å². The van der Waals surface area contributed by atoms with Crippen LogP contribution in [0.4, 0.5) is 5.69 Å². The zero-order valence-corrected chi connectivity index (χ0v) is 14.3. The Kier molecular flexibility index (Phi) is 5.31. The number of halogens is 1. The van der Waals surface area contributed by atoms with Crippen molar-refractivity contribution in [2.45, 2.75) is 17.9 Å². The van der Waals surface area contributed by atoms with Crippen LogP contribution in [-0.2, 0) is 0 Å². The summed E-state index contributed by atoms with van der Waals surface area (Å²) in [4.78, 5) is 13.5. The van der Waals surface area contributed by atoms with Crippen LogP contribution in [0.1, 0.15) is 28.9 Å². The molecule has 1 amide bonds. The van der Waals surface area contributed by atoms with Crippen molar-refractivity contribution in [3.05, 3.63) is 58.1 Å². The van der Waals surface area contributed by atoms with E-state index in [1.807, 2.05) is 25.3 Å². The fourth-order valence-electron chi connectivity index (χ4n) is 2.00. The van der Waals surface area contributed by atoms with Crippen LogP contribution in [0, 0.1) is 0 Å². The molecule has 0 saturated carbocycles. The second kappa shape index (κ2) is 7.00. The van der Waals surface area contributed by atoms with Gasteiger partial charge in [-0.15, -0.1) is 11.8 Å². The molecule has 2 aromatic rings. The van der Waals surface area contributed by atoms with E-state index >= 15 is 0 Å². The fraction of sp³-hybridized carbons (Fsp3) is 0.188. The summed E-state index contributed by atoms with van der Waals surface area (Å²) in [5.74, 6) is -0.135. The topological polar surface area (TPSA) is 55.1 Å². The maximum absolute atomic E-state index is 12.3. The number of hydrogen-bond donors (Lipinski definition) is 2. The summed E-state index contributed by atoms with van der Waals surface area (Å²) in [6, 6.07) is 13.3. The van der Waals surface area contributed by atoms with Crippen LogP contribution in [0.25, 0.3) is 0 Å². The Morgan fingerprint density at radius 2 is 1.90 bits per heavy atom. The summed E-state index contributed by atoms with van der Waals surface area (Å²) in [6.45, 7) is 1.97. The van der Waals surface area contributed by atoms with Crippen molar-refractivity contribution in [1.29, 1.82) is 0 Å². The minimum atomic E-state index is -0.135. The minimum absolute atomic E-state index is 0.0615. The molecular weight excluding hydrogens is 348 g/mol. The van der Waals surface area contributed by atoms with E-state index in [0.717, 1.165) is 10.0 Å². The van der Waals surface area contributed by atoms with Crippen LogP contribution < -0.4 is 11.1 Å².